The quantitative estimate of drug-likeness (QED) is 0.304. The maximum Gasteiger partial charge on any atom is 0.433 e. The highest BCUT2D eigenvalue weighted by Gasteiger charge is 2.33. The van der Waals surface area contributed by atoms with E-state index in [0.717, 1.165) is 41.6 Å². The molecule has 11 heteroatoms. The van der Waals surface area contributed by atoms with Gasteiger partial charge in [0.2, 0.25) is 0 Å². The van der Waals surface area contributed by atoms with Crippen molar-refractivity contribution in [3.05, 3.63) is 87.8 Å². The molecule has 0 radical (unpaired) electrons. The third-order valence-electron chi connectivity index (χ3n) is 6.51. The SMILES string of the molecule is O=C(c1cnc(C2CC2)nc1)N(Cc1ccc2c3c(c(Cl)nc2c1)COC3)c1ccc(C(F)(F)F)nc1. The molecule has 4 heterocycles. The van der Waals surface area contributed by atoms with Crippen LogP contribution in [0.5, 0.6) is 0 Å². The van der Waals surface area contributed by atoms with Crippen molar-refractivity contribution in [1.29, 1.82) is 0 Å². The van der Waals surface area contributed by atoms with Gasteiger partial charge in [-0.25, -0.2) is 19.9 Å². The van der Waals surface area contributed by atoms with Crippen LogP contribution >= 0.6 is 11.6 Å². The molecule has 1 saturated carbocycles. The van der Waals surface area contributed by atoms with E-state index in [2.05, 4.69) is 19.9 Å². The minimum Gasteiger partial charge on any atom is -0.372 e. The predicted molar refractivity (Wildman–Crippen MR) is 129 cm³/mol. The average molecular weight is 526 g/mol. The van der Waals surface area contributed by atoms with Gasteiger partial charge in [0.05, 0.1) is 42.7 Å². The maximum atomic E-state index is 13.5. The molecule has 188 valence electrons. The zero-order chi connectivity index (χ0) is 25.7. The molecule has 1 amide bonds. The van der Waals surface area contributed by atoms with Crippen LogP contribution in [0.1, 0.15) is 57.3 Å². The van der Waals surface area contributed by atoms with E-state index in [1.807, 2.05) is 18.2 Å². The molecule has 2 aliphatic rings. The van der Waals surface area contributed by atoms with Crippen LogP contribution in [-0.4, -0.2) is 25.8 Å². The summed E-state index contributed by atoms with van der Waals surface area (Å²) in [5.41, 5.74) is 2.58. The van der Waals surface area contributed by atoms with Gasteiger partial charge in [0.15, 0.2) is 0 Å². The lowest BCUT2D eigenvalue weighted by Crippen LogP contribution is -2.31. The molecular weight excluding hydrogens is 507 g/mol. The van der Waals surface area contributed by atoms with Crippen LogP contribution in [0.15, 0.2) is 48.9 Å². The fourth-order valence-corrected chi connectivity index (χ4v) is 4.64. The number of carbonyl (C=O) groups is 1. The Kier molecular flexibility index (Phi) is 5.80. The molecule has 0 saturated heterocycles. The lowest BCUT2D eigenvalue weighted by atomic mass is 10.0. The van der Waals surface area contributed by atoms with Gasteiger partial charge in [-0.1, -0.05) is 23.7 Å². The van der Waals surface area contributed by atoms with Crippen molar-refractivity contribution in [2.24, 2.45) is 0 Å². The van der Waals surface area contributed by atoms with Gasteiger partial charge in [0, 0.05) is 29.3 Å². The van der Waals surface area contributed by atoms with Crippen molar-refractivity contribution < 1.29 is 22.7 Å². The fourth-order valence-electron chi connectivity index (χ4n) is 4.38. The standard InChI is InChI=1S/C26H19ClF3N5O2/c27-23-20-13-37-12-19(20)18-5-1-14(7-21(18)34-23)11-35(17-4-6-22(31-10-17)26(28,29)30)25(36)16-8-32-24(33-9-16)15-2-3-15/h1,4-10,15H,2-3,11-13H2. The molecule has 37 heavy (non-hydrogen) atoms. The van der Waals surface area contributed by atoms with Gasteiger partial charge in [-0.3, -0.25) is 4.79 Å². The van der Waals surface area contributed by atoms with Crippen LogP contribution in [-0.2, 0) is 30.7 Å². The van der Waals surface area contributed by atoms with Gasteiger partial charge in [0.1, 0.15) is 16.7 Å². The molecule has 4 aromatic rings. The predicted octanol–water partition coefficient (Wildman–Crippen LogP) is 5.85. The normalized spacial score (nSPS) is 15.1. The van der Waals surface area contributed by atoms with Crippen LogP contribution in [0.2, 0.25) is 5.15 Å². The van der Waals surface area contributed by atoms with Crippen LogP contribution in [0.4, 0.5) is 18.9 Å². The first-order valence-electron chi connectivity index (χ1n) is 11.6. The topological polar surface area (TPSA) is 81.1 Å². The molecule has 7 nitrogen and oxygen atoms in total. The molecule has 1 aromatic carbocycles. The number of benzene rings is 1. The minimum atomic E-state index is -4.59. The number of rotatable bonds is 5. The number of hydrogen-bond donors (Lipinski definition) is 0. The summed E-state index contributed by atoms with van der Waals surface area (Å²) in [6.45, 7) is 0.898. The van der Waals surface area contributed by atoms with E-state index >= 15 is 0 Å². The summed E-state index contributed by atoms with van der Waals surface area (Å²) in [4.78, 5) is 31.5. The summed E-state index contributed by atoms with van der Waals surface area (Å²) in [5.74, 6) is 0.550. The monoisotopic (exact) mass is 525 g/mol. The highest BCUT2D eigenvalue weighted by molar-refractivity contribution is 6.30. The number of amides is 1. The van der Waals surface area contributed by atoms with E-state index in [9.17, 15) is 18.0 Å². The van der Waals surface area contributed by atoms with E-state index in [-0.39, 0.29) is 17.8 Å². The van der Waals surface area contributed by atoms with Gasteiger partial charge in [-0.2, -0.15) is 13.2 Å². The zero-order valence-corrected chi connectivity index (χ0v) is 20.1. The van der Waals surface area contributed by atoms with Crippen molar-refractivity contribution in [3.8, 4) is 0 Å². The first-order chi connectivity index (χ1) is 17.8. The number of pyridine rings is 2. The maximum absolute atomic E-state index is 13.5. The van der Waals surface area contributed by atoms with Crippen LogP contribution in [0.3, 0.4) is 0 Å². The summed E-state index contributed by atoms with van der Waals surface area (Å²) in [5, 5.41) is 1.27. The van der Waals surface area contributed by atoms with E-state index in [1.165, 1.54) is 23.4 Å². The summed E-state index contributed by atoms with van der Waals surface area (Å²) in [7, 11) is 0. The summed E-state index contributed by atoms with van der Waals surface area (Å²) in [6.07, 6.45) is 1.41. The van der Waals surface area contributed by atoms with E-state index in [4.69, 9.17) is 16.3 Å². The number of halogens is 4. The number of fused-ring (bicyclic) bond motifs is 3. The van der Waals surface area contributed by atoms with E-state index < -0.39 is 17.8 Å². The Morgan fingerprint density at radius 3 is 2.46 bits per heavy atom. The molecule has 0 N–H and O–H groups in total. The highest BCUT2D eigenvalue weighted by Crippen LogP contribution is 2.38. The van der Waals surface area contributed by atoms with Gasteiger partial charge in [-0.05, 0) is 42.2 Å². The van der Waals surface area contributed by atoms with E-state index in [0.29, 0.717) is 41.2 Å². The molecule has 1 fully saturated rings. The number of alkyl halides is 3. The molecule has 0 unspecified atom stereocenters. The first-order valence-corrected chi connectivity index (χ1v) is 12.0. The highest BCUT2D eigenvalue weighted by atomic mass is 35.5. The van der Waals surface area contributed by atoms with Crippen molar-refractivity contribution in [3.63, 3.8) is 0 Å². The van der Waals surface area contributed by atoms with Gasteiger partial charge < -0.3 is 9.64 Å². The number of hydrogen-bond acceptors (Lipinski definition) is 6. The lowest BCUT2D eigenvalue weighted by molar-refractivity contribution is -0.141. The van der Waals surface area contributed by atoms with Crippen LogP contribution in [0, 0.1) is 0 Å². The van der Waals surface area contributed by atoms with Gasteiger partial charge >= 0.3 is 6.18 Å². The Morgan fingerprint density at radius 1 is 1.03 bits per heavy atom. The largest absolute Gasteiger partial charge is 0.433 e. The number of ether oxygens (including phenoxy) is 1. The van der Waals surface area contributed by atoms with Crippen LogP contribution in [0.25, 0.3) is 10.9 Å². The fraction of sp³-hybridized carbons (Fsp3) is 0.269. The summed E-state index contributed by atoms with van der Waals surface area (Å²) in [6, 6.07) is 7.63. The first kappa shape index (κ1) is 23.7. The Balaban J connectivity index is 1.36. The number of aromatic nitrogens is 4. The molecule has 1 aliphatic carbocycles. The number of carbonyl (C=O) groups excluding carboxylic acids is 1. The second-order valence-corrected chi connectivity index (χ2v) is 9.46. The smallest absolute Gasteiger partial charge is 0.372 e. The Bertz CT molecular complexity index is 1510. The van der Waals surface area contributed by atoms with Crippen molar-refractivity contribution >= 4 is 34.1 Å². The van der Waals surface area contributed by atoms with Crippen molar-refractivity contribution in [2.75, 3.05) is 4.90 Å². The third kappa shape index (κ3) is 4.62. The Hall–Kier alpha value is -3.63. The van der Waals surface area contributed by atoms with Gasteiger partial charge in [-0.15, -0.1) is 0 Å². The van der Waals surface area contributed by atoms with Crippen molar-refractivity contribution in [2.45, 2.75) is 44.7 Å². The molecule has 6 rings (SSSR count). The second kappa shape index (κ2) is 9.04. The zero-order valence-electron chi connectivity index (χ0n) is 19.3. The molecule has 0 spiro atoms. The average Bonchev–Trinajstić information content (AvgIpc) is 3.62. The molecular formula is C26H19ClF3N5O2. The Morgan fingerprint density at radius 2 is 1.78 bits per heavy atom. The Labute approximate surface area is 214 Å². The molecule has 0 atom stereocenters. The summed E-state index contributed by atoms with van der Waals surface area (Å²) >= 11 is 6.35. The number of nitrogens with zero attached hydrogens (tertiary/aromatic N) is 5. The minimum absolute atomic E-state index is 0.0546. The van der Waals surface area contributed by atoms with Crippen LogP contribution < -0.4 is 4.90 Å². The second-order valence-electron chi connectivity index (χ2n) is 9.10. The summed E-state index contributed by atoms with van der Waals surface area (Å²) < 4.78 is 44.8. The van der Waals surface area contributed by atoms with Gasteiger partial charge in [0.25, 0.3) is 5.91 Å². The van der Waals surface area contributed by atoms with E-state index in [1.54, 1.807) is 0 Å². The molecule has 0 bridgehead atoms. The third-order valence-corrected chi connectivity index (χ3v) is 6.82. The van der Waals surface area contributed by atoms with Crippen molar-refractivity contribution in [1.82, 2.24) is 19.9 Å². The molecule has 3 aromatic heterocycles. The molecule has 1 aliphatic heterocycles. The lowest BCUT2D eigenvalue weighted by Gasteiger charge is -2.23. The number of anilines is 1.